The van der Waals surface area contributed by atoms with Crippen LogP contribution in [-0.4, -0.2) is 46.1 Å². The van der Waals surface area contributed by atoms with Gasteiger partial charge >= 0.3 is 6.16 Å². The highest BCUT2D eigenvalue weighted by molar-refractivity contribution is 7.91. The topological polar surface area (TPSA) is 83.9 Å². The fraction of sp³-hybridized carbons (Fsp3) is 0.267. The molecule has 0 saturated heterocycles. The molecule has 0 aliphatic heterocycles. The number of hydrogen-bond acceptors (Lipinski definition) is 5. The second-order valence-corrected chi connectivity index (χ2v) is 7.03. The van der Waals surface area contributed by atoms with Crippen molar-refractivity contribution in [3.63, 3.8) is 0 Å². The summed E-state index contributed by atoms with van der Waals surface area (Å²) >= 11 is 0. The highest BCUT2D eigenvalue weighted by Crippen LogP contribution is 2.30. The lowest BCUT2D eigenvalue weighted by Gasteiger charge is -2.16. The zero-order valence-corrected chi connectivity index (χ0v) is 13.1. The Morgan fingerprint density at radius 2 is 1.77 bits per heavy atom. The van der Waals surface area contributed by atoms with Crippen molar-refractivity contribution in [3.05, 3.63) is 36.4 Å². The second kappa shape index (κ2) is 6.23. The van der Waals surface area contributed by atoms with Gasteiger partial charge in [0, 0.05) is 30.6 Å². The number of carbonyl (C=O) groups is 1. The molecule has 0 unspecified atom stereocenters. The van der Waals surface area contributed by atoms with Crippen molar-refractivity contribution in [2.75, 3.05) is 31.4 Å². The van der Waals surface area contributed by atoms with E-state index in [9.17, 15) is 13.2 Å². The summed E-state index contributed by atoms with van der Waals surface area (Å²) in [5.74, 6) is -0.384. The third-order valence-corrected chi connectivity index (χ3v) is 4.98. The predicted molar refractivity (Wildman–Crippen MR) is 84.3 cm³/mol. The Morgan fingerprint density at radius 3 is 2.41 bits per heavy atom. The number of hydrogen-bond donors (Lipinski definition) is 1. The minimum Gasteiger partial charge on any atom is -0.450 e. The van der Waals surface area contributed by atoms with Gasteiger partial charge in [-0.05, 0) is 12.1 Å². The van der Waals surface area contributed by atoms with Crippen LogP contribution in [0.2, 0.25) is 0 Å². The first kappa shape index (κ1) is 16.1. The maximum absolute atomic E-state index is 12.4. The van der Waals surface area contributed by atoms with Crippen LogP contribution >= 0.6 is 0 Å². The van der Waals surface area contributed by atoms with Gasteiger partial charge in [0.15, 0.2) is 9.84 Å². The molecule has 0 atom stereocenters. The van der Waals surface area contributed by atoms with Crippen LogP contribution in [0.5, 0.6) is 0 Å². The van der Waals surface area contributed by atoms with Crippen LogP contribution in [0.4, 0.5) is 10.5 Å². The largest absolute Gasteiger partial charge is 0.505 e. The molecule has 0 bridgehead atoms. The van der Waals surface area contributed by atoms with Gasteiger partial charge in [-0.25, -0.2) is 13.2 Å². The van der Waals surface area contributed by atoms with E-state index >= 15 is 0 Å². The quantitative estimate of drug-likeness (QED) is 0.851. The summed E-state index contributed by atoms with van der Waals surface area (Å²) in [6, 6.07) is 10.5. The first-order valence-corrected chi connectivity index (χ1v) is 8.25. The van der Waals surface area contributed by atoms with Gasteiger partial charge in [-0.3, -0.25) is 0 Å². The van der Waals surface area contributed by atoms with E-state index in [-0.39, 0.29) is 17.3 Å². The zero-order chi connectivity index (χ0) is 16.3. The van der Waals surface area contributed by atoms with E-state index in [1.807, 2.05) is 31.1 Å². The van der Waals surface area contributed by atoms with Crippen LogP contribution in [-0.2, 0) is 14.6 Å². The van der Waals surface area contributed by atoms with Gasteiger partial charge in [-0.1, -0.05) is 24.3 Å². The van der Waals surface area contributed by atoms with E-state index in [0.717, 1.165) is 11.1 Å². The van der Waals surface area contributed by atoms with Crippen LogP contribution in [0.3, 0.4) is 0 Å². The zero-order valence-electron chi connectivity index (χ0n) is 12.3. The molecular weight excluding hydrogens is 306 g/mol. The Balaban J connectivity index is 2.47. The molecule has 0 spiro atoms. The number of benzene rings is 2. The van der Waals surface area contributed by atoms with Crippen LogP contribution in [0, 0.1) is 0 Å². The summed E-state index contributed by atoms with van der Waals surface area (Å²) in [6.07, 6.45) is -1.48. The van der Waals surface area contributed by atoms with Crippen molar-refractivity contribution < 1.29 is 23.1 Å². The Kier molecular flexibility index (Phi) is 4.56. The van der Waals surface area contributed by atoms with Crippen molar-refractivity contribution in [3.8, 4) is 0 Å². The third kappa shape index (κ3) is 3.30. The van der Waals surface area contributed by atoms with Gasteiger partial charge in [0.1, 0.15) is 6.61 Å². The number of ether oxygens (including phenoxy) is 1. The third-order valence-electron chi connectivity index (χ3n) is 3.25. The van der Waals surface area contributed by atoms with Gasteiger partial charge < -0.3 is 14.7 Å². The number of fused-ring (bicyclic) bond motifs is 1. The molecule has 22 heavy (non-hydrogen) atoms. The number of sulfone groups is 1. The molecule has 0 aromatic heterocycles. The highest BCUT2D eigenvalue weighted by Gasteiger charge is 2.19. The molecule has 0 fully saturated rings. The Bertz CT molecular complexity index is 799. The first-order chi connectivity index (χ1) is 10.3. The molecule has 0 aliphatic carbocycles. The molecule has 0 amide bonds. The number of carboxylic acid groups (broad SMARTS) is 1. The van der Waals surface area contributed by atoms with Gasteiger partial charge in [-0.15, -0.1) is 0 Å². The molecule has 7 heteroatoms. The van der Waals surface area contributed by atoms with E-state index in [4.69, 9.17) is 5.11 Å². The molecule has 2 rings (SSSR count). The van der Waals surface area contributed by atoms with Crippen molar-refractivity contribution in [2.24, 2.45) is 0 Å². The van der Waals surface area contributed by atoms with Crippen LogP contribution in [0.15, 0.2) is 41.3 Å². The lowest BCUT2D eigenvalue weighted by atomic mass is 10.1. The van der Waals surface area contributed by atoms with Gasteiger partial charge in [0.25, 0.3) is 0 Å². The van der Waals surface area contributed by atoms with E-state index in [0.29, 0.717) is 5.39 Å². The molecule has 2 aromatic carbocycles. The average molecular weight is 323 g/mol. The molecule has 6 nitrogen and oxygen atoms in total. The van der Waals surface area contributed by atoms with E-state index in [2.05, 4.69) is 4.74 Å². The van der Waals surface area contributed by atoms with Crippen molar-refractivity contribution in [1.29, 1.82) is 0 Å². The lowest BCUT2D eigenvalue weighted by molar-refractivity contribution is 0.0972. The van der Waals surface area contributed by atoms with Crippen LogP contribution in [0.1, 0.15) is 0 Å². The van der Waals surface area contributed by atoms with Crippen molar-refractivity contribution in [1.82, 2.24) is 0 Å². The fourth-order valence-corrected chi connectivity index (χ4v) is 3.60. The second-order valence-electron chi connectivity index (χ2n) is 4.96. The van der Waals surface area contributed by atoms with Crippen LogP contribution in [0.25, 0.3) is 10.8 Å². The minimum absolute atomic E-state index is 0.183. The summed E-state index contributed by atoms with van der Waals surface area (Å²) in [4.78, 5) is 12.4. The maximum Gasteiger partial charge on any atom is 0.505 e. The van der Waals surface area contributed by atoms with E-state index in [1.54, 1.807) is 18.2 Å². The summed E-state index contributed by atoms with van der Waals surface area (Å²) < 4.78 is 29.1. The molecule has 0 heterocycles. The first-order valence-electron chi connectivity index (χ1n) is 6.60. The summed E-state index contributed by atoms with van der Waals surface area (Å²) in [5.41, 5.74) is 0.913. The molecular formula is C15H17NO5S. The lowest BCUT2D eigenvalue weighted by Crippen LogP contribution is -2.15. The van der Waals surface area contributed by atoms with Gasteiger partial charge in [-0.2, -0.15) is 0 Å². The molecule has 118 valence electrons. The van der Waals surface area contributed by atoms with Crippen molar-refractivity contribution >= 4 is 32.5 Å². The molecule has 0 aliphatic rings. The van der Waals surface area contributed by atoms with Gasteiger partial charge in [0.2, 0.25) is 0 Å². The predicted octanol–water partition coefficient (Wildman–Crippen LogP) is 2.37. The normalized spacial score (nSPS) is 11.4. The standard InChI is InChI=1S/C15H17NO5S/c1-16(2)13-7-3-6-12-11(13)5-4-8-14(12)22(19,20)10-9-21-15(17)18/h3-8H,9-10H2,1-2H3,(H,17,18). The number of anilines is 1. The maximum atomic E-state index is 12.4. The van der Waals surface area contributed by atoms with E-state index in [1.165, 1.54) is 6.07 Å². The molecule has 1 N–H and O–H groups in total. The summed E-state index contributed by atoms with van der Waals surface area (Å²) in [6.45, 7) is -0.387. The fourth-order valence-electron chi connectivity index (χ4n) is 2.27. The summed E-state index contributed by atoms with van der Waals surface area (Å²) in [7, 11) is 0.139. The van der Waals surface area contributed by atoms with Crippen molar-refractivity contribution in [2.45, 2.75) is 4.90 Å². The van der Waals surface area contributed by atoms with Gasteiger partial charge in [0.05, 0.1) is 10.6 Å². The highest BCUT2D eigenvalue weighted by atomic mass is 32.2. The smallest absolute Gasteiger partial charge is 0.450 e. The Hall–Kier alpha value is -2.28. The monoisotopic (exact) mass is 323 g/mol. The Morgan fingerprint density at radius 1 is 1.14 bits per heavy atom. The minimum atomic E-state index is -3.63. The molecule has 2 aromatic rings. The Labute approximate surface area is 128 Å². The molecule has 0 saturated carbocycles. The summed E-state index contributed by atoms with van der Waals surface area (Å²) in [5, 5.41) is 9.87. The van der Waals surface area contributed by atoms with Crippen LogP contribution < -0.4 is 4.90 Å². The number of rotatable bonds is 5. The SMILES string of the molecule is CN(C)c1cccc2c(S(=O)(=O)CCOC(=O)O)cccc12. The molecule has 0 radical (unpaired) electrons. The average Bonchev–Trinajstić information content (AvgIpc) is 2.45. The van der Waals surface area contributed by atoms with E-state index < -0.39 is 16.0 Å². The number of nitrogens with zero attached hydrogens (tertiary/aromatic N) is 1.